The van der Waals surface area contributed by atoms with Gasteiger partial charge in [-0.15, -0.1) is 0 Å². The Morgan fingerprint density at radius 2 is 1.94 bits per heavy atom. The molecule has 160 valence electrons. The highest BCUT2D eigenvalue weighted by Gasteiger charge is 2.37. The number of amides is 1. The summed E-state index contributed by atoms with van der Waals surface area (Å²) in [5.41, 5.74) is 2.21. The van der Waals surface area contributed by atoms with Crippen LogP contribution < -0.4 is 4.90 Å². The van der Waals surface area contributed by atoms with Gasteiger partial charge in [0.05, 0.1) is 30.9 Å². The van der Waals surface area contributed by atoms with E-state index in [2.05, 4.69) is 11.0 Å². The number of piperidine rings is 3. The van der Waals surface area contributed by atoms with E-state index in [1.807, 2.05) is 6.07 Å². The zero-order chi connectivity index (χ0) is 21.8. The van der Waals surface area contributed by atoms with Crippen LogP contribution in [0.3, 0.4) is 0 Å². The van der Waals surface area contributed by atoms with E-state index in [1.165, 1.54) is 12.0 Å². The highest BCUT2D eigenvalue weighted by molar-refractivity contribution is 5.90. The first kappa shape index (κ1) is 20.9. The Morgan fingerprint density at radius 1 is 1.16 bits per heavy atom. The average Bonchev–Trinajstić information content (AvgIpc) is 2.83. The van der Waals surface area contributed by atoms with Crippen molar-refractivity contribution >= 4 is 17.7 Å². The van der Waals surface area contributed by atoms with Crippen molar-refractivity contribution in [2.24, 2.45) is 5.92 Å². The molecule has 0 aliphatic carbocycles. The second-order valence-electron chi connectivity index (χ2n) is 8.00. The van der Waals surface area contributed by atoms with Gasteiger partial charge in [0.2, 0.25) is 0 Å². The lowest BCUT2D eigenvalue weighted by atomic mass is 9.86. The molecular formula is C24H25N3O4. The molecule has 2 aromatic carbocycles. The maximum atomic E-state index is 13.3. The monoisotopic (exact) mass is 419 g/mol. The van der Waals surface area contributed by atoms with Crippen LogP contribution in [0.1, 0.15) is 34.3 Å². The number of hydrogen-bond acceptors (Lipinski definition) is 6. The van der Waals surface area contributed by atoms with Gasteiger partial charge in [-0.05, 0) is 67.7 Å². The Kier molecular flexibility index (Phi) is 6.19. The molecule has 0 unspecified atom stereocenters. The predicted octanol–water partition coefficient (Wildman–Crippen LogP) is 3.58. The maximum absolute atomic E-state index is 13.3. The van der Waals surface area contributed by atoms with Crippen molar-refractivity contribution in [1.82, 2.24) is 4.90 Å². The number of hydrogen-bond donors (Lipinski definition) is 0. The van der Waals surface area contributed by atoms with Gasteiger partial charge in [0.15, 0.2) is 0 Å². The number of carbonyl (C=O) groups is 2. The third-order valence-electron chi connectivity index (χ3n) is 6.04. The molecule has 0 spiro atoms. The summed E-state index contributed by atoms with van der Waals surface area (Å²) in [6, 6.07) is 16.0. The van der Waals surface area contributed by atoms with Gasteiger partial charge in [0.25, 0.3) is 0 Å². The average molecular weight is 419 g/mol. The Morgan fingerprint density at radius 3 is 2.61 bits per heavy atom. The minimum absolute atomic E-state index is 0.127. The number of esters is 1. The molecule has 2 aromatic rings. The normalized spacial score (nSPS) is 21.7. The summed E-state index contributed by atoms with van der Waals surface area (Å²) >= 11 is 0. The molecule has 3 aliphatic heterocycles. The third kappa shape index (κ3) is 4.70. The highest BCUT2D eigenvalue weighted by atomic mass is 16.6. The summed E-state index contributed by atoms with van der Waals surface area (Å²) < 4.78 is 10.8. The smallest absolute Gasteiger partial charge is 0.414 e. The topological polar surface area (TPSA) is 82.9 Å². The lowest BCUT2D eigenvalue weighted by Gasteiger charge is -2.44. The van der Waals surface area contributed by atoms with Crippen LogP contribution in [0.5, 0.6) is 0 Å². The first-order chi connectivity index (χ1) is 15.1. The van der Waals surface area contributed by atoms with E-state index < -0.39 is 12.1 Å². The predicted molar refractivity (Wildman–Crippen MR) is 115 cm³/mol. The standard InChI is InChI=1S/C24H25N3O4/c1-30-23(28)20-6-2-5-18(12-20)15-27(21-7-3-4-17(13-21)14-25)24(29)31-22-16-26-10-8-19(22)9-11-26/h2-7,12-13,19,22H,8-11,15-16H2,1H3/t22-/m0/s1. The van der Waals surface area contributed by atoms with Gasteiger partial charge in [-0.2, -0.15) is 5.26 Å². The van der Waals surface area contributed by atoms with Crippen LogP contribution in [0.25, 0.3) is 0 Å². The lowest BCUT2D eigenvalue weighted by molar-refractivity contribution is -0.0311. The Hall–Kier alpha value is -3.37. The van der Waals surface area contributed by atoms with Crippen molar-refractivity contribution in [3.05, 3.63) is 65.2 Å². The van der Waals surface area contributed by atoms with E-state index in [0.717, 1.165) is 38.0 Å². The van der Waals surface area contributed by atoms with Crippen molar-refractivity contribution < 1.29 is 19.1 Å². The number of methoxy groups -OCH3 is 1. The SMILES string of the molecule is COC(=O)c1cccc(CN(C(=O)O[C@H]2CN3CCC2CC3)c2cccc(C#N)c2)c1. The molecule has 3 aliphatic rings. The number of ether oxygens (including phenoxy) is 2. The number of benzene rings is 2. The summed E-state index contributed by atoms with van der Waals surface area (Å²) in [5, 5.41) is 9.29. The molecule has 7 nitrogen and oxygen atoms in total. The van der Waals surface area contributed by atoms with Gasteiger partial charge < -0.3 is 9.47 Å². The Labute approximate surface area is 181 Å². The quantitative estimate of drug-likeness (QED) is 0.689. The van der Waals surface area contributed by atoms with Crippen LogP contribution in [-0.2, 0) is 16.0 Å². The summed E-state index contributed by atoms with van der Waals surface area (Å²) in [4.78, 5) is 29.0. The van der Waals surface area contributed by atoms with Crippen LogP contribution >= 0.6 is 0 Å². The maximum Gasteiger partial charge on any atom is 0.414 e. The molecule has 3 fully saturated rings. The fourth-order valence-electron chi connectivity index (χ4n) is 4.34. The van der Waals surface area contributed by atoms with Gasteiger partial charge in [0.1, 0.15) is 6.10 Å². The number of nitrogens with zero attached hydrogens (tertiary/aromatic N) is 3. The van der Waals surface area contributed by atoms with Crippen molar-refractivity contribution in [3.63, 3.8) is 0 Å². The van der Waals surface area contributed by atoms with E-state index >= 15 is 0 Å². The number of nitriles is 1. The van der Waals surface area contributed by atoms with Crippen LogP contribution in [-0.4, -0.2) is 49.8 Å². The molecule has 0 aromatic heterocycles. The van der Waals surface area contributed by atoms with Gasteiger partial charge in [-0.1, -0.05) is 18.2 Å². The number of carbonyl (C=O) groups excluding carboxylic acids is 2. The van der Waals surface area contributed by atoms with Crippen LogP contribution in [0.4, 0.5) is 10.5 Å². The van der Waals surface area contributed by atoms with E-state index in [0.29, 0.717) is 22.7 Å². The van der Waals surface area contributed by atoms with Crippen molar-refractivity contribution in [2.75, 3.05) is 31.6 Å². The lowest BCUT2D eigenvalue weighted by Crippen LogP contribution is -2.53. The first-order valence-corrected chi connectivity index (χ1v) is 10.5. The summed E-state index contributed by atoms with van der Waals surface area (Å²) in [5.74, 6) is -0.0429. The Bertz CT molecular complexity index is 1010. The largest absolute Gasteiger partial charge is 0.465 e. The van der Waals surface area contributed by atoms with Crippen LogP contribution in [0.15, 0.2) is 48.5 Å². The van der Waals surface area contributed by atoms with Crippen LogP contribution in [0, 0.1) is 17.2 Å². The molecule has 3 saturated heterocycles. The second-order valence-corrected chi connectivity index (χ2v) is 8.00. The zero-order valence-corrected chi connectivity index (χ0v) is 17.5. The summed E-state index contributed by atoms with van der Waals surface area (Å²) in [6.07, 6.45) is 1.52. The molecule has 0 saturated carbocycles. The van der Waals surface area contributed by atoms with Gasteiger partial charge in [-0.3, -0.25) is 9.80 Å². The minimum Gasteiger partial charge on any atom is -0.465 e. The molecule has 0 N–H and O–H groups in total. The molecular weight excluding hydrogens is 394 g/mol. The number of fused-ring (bicyclic) bond motifs is 3. The molecule has 2 bridgehead atoms. The number of anilines is 1. The van der Waals surface area contributed by atoms with E-state index in [1.54, 1.807) is 42.5 Å². The summed E-state index contributed by atoms with van der Waals surface area (Å²) in [6.45, 7) is 3.10. The first-order valence-electron chi connectivity index (χ1n) is 10.5. The van der Waals surface area contributed by atoms with Gasteiger partial charge in [-0.25, -0.2) is 9.59 Å². The van der Waals surface area contributed by atoms with Gasteiger partial charge >= 0.3 is 12.1 Å². The van der Waals surface area contributed by atoms with Crippen molar-refractivity contribution in [3.8, 4) is 6.07 Å². The molecule has 3 heterocycles. The molecule has 31 heavy (non-hydrogen) atoms. The van der Waals surface area contributed by atoms with Crippen LogP contribution in [0.2, 0.25) is 0 Å². The van der Waals surface area contributed by atoms with E-state index in [4.69, 9.17) is 9.47 Å². The highest BCUT2D eigenvalue weighted by Crippen LogP contribution is 2.31. The molecule has 0 radical (unpaired) electrons. The van der Waals surface area contributed by atoms with E-state index in [9.17, 15) is 14.9 Å². The molecule has 1 atom stereocenters. The zero-order valence-electron chi connectivity index (χ0n) is 17.5. The Balaban J connectivity index is 1.59. The van der Waals surface area contributed by atoms with Crippen molar-refractivity contribution in [1.29, 1.82) is 5.26 Å². The molecule has 5 rings (SSSR count). The molecule has 1 amide bonds. The fourth-order valence-corrected chi connectivity index (χ4v) is 4.34. The fraction of sp³-hybridized carbons (Fsp3) is 0.375. The second kappa shape index (κ2) is 9.19. The molecule has 7 heteroatoms. The third-order valence-corrected chi connectivity index (χ3v) is 6.04. The van der Waals surface area contributed by atoms with Crippen molar-refractivity contribution in [2.45, 2.75) is 25.5 Å². The van der Waals surface area contributed by atoms with Gasteiger partial charge in [0, 0.05) is 12.2 Å². The minimum atomic E-state index is -0.447. The van der Waals surface area contributed by atoms with E-state index in [-0.39, 0.29) is 12.6 Å². The summed E-state index contributed by atoms with van der Waals surface area (Å²) in [7, 11) is 1.33. The number of rotatable bonds is 5.